The van der Waals surface area contributed by atoms with Gasteiger partial charge in [-0.2, -0.15) is 0 Å². The van der Waals surface area contributed by atoms with Crippen molar-refractivity contribution in [2.45, 2.75) is 13.3 Å². The molecule has 0 aromatic heterocycles. The Kier molecular flexibility index (Phi) is 2.20. The first-order valence-corrected chi connectivity index (χ1v) is 4.97. The molecule has 0 amide bonds. The number of hydrogen-bond acceptors (Lipinski definition) is 1. The maximum atomic E-state index is 13.2. The lowest BCUT2D eigenvalue weighted by Crippen LogP contribution is -2.10. The molecule has 68 valence electrons. The van der Waals surface area contributed by atoms with Crippen LogP contribution in [-0.2, 0) is 6.42 Å². The summed E-state index contributed by atoms with van der Waals surface area (Å²) in [7, 11) is 0. The summed E-state index contributed by atoms with van der Waals surface area (Å²) >= 11 is 3.18. The molecule has 1 aliphatic heterocycles. The molecule has 0 fully saturated rings. The minimum Gasteiger partial charge on any atom is -0.289 e. The second-order valence-corrected chi connectivity index (χ2v) is 3.99. The lowest BCUT2D eigenvalue weighted by molar-refractivity contribution is 0.619. The predicted molar refractivity (Wildman–Crippen MR) is 54.9 cm³/mol. The summed E-state index contributed by atoms with van der Waals surface area (Å²) < 4.78 is 13.7. The van der Waals surface area contributed by atoms with Crippen molar-refractivity contribution in [3.63, 3.8) is 0 Å². The fourth-order valence-electron chi connectivity index (χ4n) is 1.56. The third kappa shape index (κ3) is 1.53. The zero-order valence-corrected chi connectivity index (χ0v) is 8.86. The maximum Gasteiger partial charge on any atom is 0.138 e. The average molecular weight is 242 g/mol. The molecule has 0 N–H and O–H groups in total. The molecule has 1 aromatic carbocycles. The van der Waals surface area contributed by atoms with Crippen LogP contribution in [0.4, 0.5) is 4.39 Å². The Morgan fingerprint density at radius 3 is 3.00 bits per heavy atom. The van der Waals surface area contributed by atoms with Crippen LogP contribution >= 0.6 is 15.9 Å². The van der Waals surface area contributed by atoms with Gasteiger partial charge in [-0.25, -0.2) is 4.39 Å². The maximum absolute atomic E-state index is 13.2. The number of benzene rings is 1. The SMILES string of the molecule is CC1=NCCc2cc(Br)c(F)cc21. The van der Waals surface area contributed by atoms with Crippen LogP contribution in [0.2, 0.25) is 0 Å². The second-order valence-electron chi connectivity index (χ2n) is 3.14. The molecule has 13 heavy (non-hydrogen) atoms. The number of fused-ring (bicyclic) bond motifs is 1. The number of rotatable bonds is 0. The summed E-state index contributed by atoms with van der Waals surface area (Å²) in [6.45, 7) is 2.74. The fraction of sp³-hybridized carbons (Fsp3) is 0.300. The van der Waals surface area contributed by atoms with Gasteiger partial charge in [-0.15, -0.1) is 0 Å². The van der Waals surface area contributed by atoms with E-state index in [-0.39, 0.29) is 5.82 Å². The van der Waals surface area contributed by atoms with Crippen molar-refractivity contribution >= 4 is 21.6 Å². The lowest BCUT2D eigenvalue weighted by Gasteiger charge is -2.14. The summed E-state index contributed by atoms with van der Waals surface area (Å²) in [5.74, 6) is -0.213. The van der Waals surface area contributed by atoms with Gasteiger partial charge in [-0.1, -0.05) is 0 Å². The third-order valence-corrected chi connectivity index (χ3v) is 2.87. The Balaban J connectivity index is 2.61. The quantitative estimate of drug-likeness (QED) is 0.663. The highest BCUT2D eigenvalue weighted by molar-refractivity contribution is 9.10. The molecule has 0 bridgehead atoms. The van der Waals surface area contributed by atoms with Gasteiger partial charge in [0.15, 0.2) is 0 Å². The smallest absolute Gasteiger partial charge is 0.138 e. The largest absolute Gasteiger partial charge is 0.289 e. The molecule has 2 rings (SSSR count). The van der Waals surface area contributed by atoms with Gasteiger partial charge < -0.3 is 0 Å². The molecule has 0 unspecified atom stereocenters. The number of aliphatic imine (C=N–C) groups is 1. The molecule has 0 saturated carbocycles. The molecule has 1 nitrogen and oxygen atoms in total. The van der Waals surface area contributed by atoms with E-state index in [0.717, 1.165) is 24.2 Å². The van der Waals surface area contributed by atoms with E-state index in [0.29, 0.717) is 4.47 Å². The Morgan fingerprint density at radius 1 is 1.46 bits per heavy atom. The minimum absolute atomic E-state index is 0.213. The molecular formula is C10H9BrFN. The fourth-order valence-corrected chi connectivity index (χ4v) is 1.95. The zero-order valence-electron chi connectivity index (χ0n) is 7.27. The van der Waals surface area contributed by atoms with Crippen molar-refractivity contribution in [3.05, 3.63) is 33.5 Å². The molecule has 1 aromatic rings. The molecule has 0 saturated heterocycles. The van der Waals surface area contributed by atoms with Crippen LogP contribution in [0.3, 0.4) is 0 Å². The molecule has 3 heteroatoms. The van der Waals surface area contributed by atoms with Crippen LogP contribution in [0.25, 0.3) is 0 Å². The molecule has 0 aliphatic carbocycles. The normalized spacial score (nSPS) is 15.2. The average Bonchev–Trinajstić information content (AvgIpc) is 2.09. The van der Waals surface area contributed by atoms with Crippen molar-refractivity contribution in [2.24, 2.45) is 4.99 Å². The van der Waals surface area contributed by atoms with Crippen molar-refractivity contribution in [2.75, 3.05) is 6.54 Å². The van der Waals surface area contributed by atoms with Gasteiger partial charge in [0.1, 0.15) is 5.82 Å². The van der Waals surface area contributed by atoms with E-state index in [4.69, 9.17) is 0 Å². The number of nitrogens with zero attached hydrogens (tertiary/aromatic N) is 1. The first-order valence-electron chi connectivity index (χ1n) is 4.18. The summed E-state index contributed by atoms with van der Waals surface area (Å²) in [4.78, 5) is 4.28. The van der Waals surface area contributed by atoms with E-state index in [2.05, 4.69) is 20.9 Å². The Morgan fingerprint density at radius 2 is 2.23 bits per heavy atom. The molecule has 1 aliphatic rings. The molecule has 0 spiro atoms. The summed E-state index contributed by atoms with van der Waals surface area (Å²) in [5, 5.41) is 0. The number of hydrogen-bond donors (Lipinski definition) is 0. The first kappa shape index (κ1) is 8.88. The third-order valence-electron chi connectivity index (χ3n) is 2.27. The highest BCUT2D eigenvalue weighted by Gasteiger charge is 2.13. The molecular weight excluding hydrogens is 233 g/mol. The summed E-state index contributed by atoms with van der Waals surface area (Å²) in [6.07, 6.45) is 0.908. The highest BCUT2D eigenvalue weighted by Crippen LogP contribution is 2.24. The Bertz CT molecular complexity index is 385. The van der Waals surface area contributed by atoms with Gasteiger partial charge in [0.2, 0.25) is 0 Å². The minimum atomic E-state index is -0.213. The van der Waals surface area contributed by atoms with E-state index < -0.39 is 0 Å². The first-order chi connectivity index (χ1) is 6.18. The van der Waals surface area contributed by atoms with E-state index >= 15 is 0 Å². The summed E-state index contributed by atoms with van der Waals surface area (Å²) in [5.41, 5.74) is 3.07. The molecule has 1 heterocycles. The van der Waals surface area contributed by atoms with Gasteiger partial charge in [0, 0.05) is 17.8 Å². The Labute approximate surface area is 84.8 Å². The molecule has 0 radical (unpaired) electrons. The standard InChI is InChI=1S/C10H9BrFN/c1-6-8-5-10(12)9(11)4-7(8)2-3-13-6/h4-5H,2-3H2,1H3. The van der Waals surface area contributed by atoms with Crippen molar-refractivity contribution in [3.8, 4) is 0 Å². The van der Waals surface area contributed by atoms with Gasteiger partial charge in [-0.3, -0.25) is 4.99 Å². The Hall–Kier alpha value is -0.700. The van der Waals surface area contributed by atoms with Crippen molar-refractivity contribution in [1.82, 2.24) is 0 Å². The molecule has 0 atom stereocenters. The van der Waals surface area contributed by atoms with Crippen LogP contribution in [0.5, 0.6) is 0 Å². The van der Waals surface area contributed by atoms with Crippen LogP contribution in [0, 0.1) is 5.82 Å². The lowest BCUT2D eigenvalue weighted by atomic mass is 9.98. The van der Waals surface area contributed by atoms with Gasteiger partial charge >= 0.3 is 0 Å². The van der Waals surface area contributed by atoms with E-state index in [9.17, 15) is 4.39 Å². The van der Waals surface area contributed by atoms with Gasteiger partial charge in [0.05, 0.1) is 4.47 Å². The predicted octanol–water partition coefficient (Wildman–Crippen LogP) is 2.95. The van der Waals surface area contributed by atoms with Crippen LogP contribution in [-0.4, -0.2) is 12.3 Å². The van der Waals surface area contributed by atoms with E-state index in [1.807, 2.05) is 13.0 Å². The highest BCUT2D eigenvalue weighted by atomic mass is 79.9. The van der Waals surface area contributed by atoms with Gasteiger partial charge in [0.25, 0.3) is 0 Å². The second kappa shape index (κ2) is 3.22. The van der Waals surface area contributed by atoms with Crippen LogP contribution in [0.15, 0.2) is 21.6 Å². The topological polar surface area (TPSA) is 12.4 Å². The van der Waals surface area contributed by atoms with Crippen LogP contribution in [0.1, 0.15) is 18.1 Å². The monoisotopic (exact) mass is 241 g/mol. The zero-order chi connectivity index (χ0) is 9.42. The van der Waals surface area contributed by atoms with Crippen molar-refractivity contribution in [1.29, 1.82) is 0 Å². The van der Waals surface area contributed by atoms with E-state index in [1.54, 1.807) is 6.07 Å². The summed E-state index contributed by atoms with van der Waals surface area (Å²) in [6, 6.07) is 3.40. The number of halogens is 2. The van der Waals surface area contributed by atoms with Crippen molar-refractivity contribution < 1.29 is 4.39 Å². The van der Waals surface area contributed by atoms with E-state index in [1.165, 1.54) is 5.56 Å². The van der Waals surface area contributed by atoms with Crippen LogP contribution < -0.4 is 0 Å². The van der Waals surface area contributed by atoms with Gasteiger partial charge in [-0.05, 0) is 47.0 Å².